The smallest absolute Gasteiger partial charge is 0.287 e. The number of rotatable bonds is 9. The number of benzene rings is 2. The van der Waals surface area contributed by atoms with Crippen molar-refractivity contribution in [2.45, 2.75) is 25.0 Å². The number of para-hydroxylation sites is 1. The van der Waals surface area contributed by atoms with E-state index in [0.717, 1.165) is 12.8 Å². The number of carbonyl (C=O) groups excluding carboxylic acids is 3. The van der Waals surface area contributed by atoms with Gasteiger partial charge in [0.1, 0.15) is 6.04 Å². The van der Waals surface area contributed by atoms with Gasteiger partial charge in [-0.2, -0.15) is 0 Å². The molecule has 2 aromatic carbocycles. The molecule has 1 aliphatic rings. The second-order valence-corrected chi connectivity index (χ2v) is 7.95. The van der Waals surface area contributed by atoms with Crippen molar-refractivity contribution in [1.82, 2.24) is 10.6 Å². The van der Waals surface area contributed by atoms with Crippen molar-refractivity contribution in [2.24, 2.45) is 0 Å². The number of ether oxygens (including phenoxy) is 1. The van der Waals surface area contributed by atoms with Crippen LogP contribution in [0.15, 0.2) is 83.5 Å². The molecule has 2 atom stereocenters. The van der Waals surface area contributed by atoms with Crippen molar-refractivity contribution in [2.75, 3.05) is 24.6 Å². The summed E-state index contributed by atoms with van der Waals surface area (Å²) in [6.07, 6.45) is 3.20. The van der Waals surface area contributed by atoms with Gasteiger partial charge in [0.15, 0.2) is 5.76 Å². The SMILES string of the molecule is O=C(NCC(=O)N(c1ccccc1)[C@H](C(=O)NC[C@H]1CCCO1)c1ccccc1)c1ccco1. The Morgan fingerprint density at radius 3 is 2.32 bits per heavy atom. The summed E-state index contributed by atoms with van der Waals surface area (Å²) in [6.45, 7) is 0.748. The average molecular weight is 462 g/mol. The quantitative estimate of drug-likeness (QED) is 0.510. The summed E-state index contributed by atoms with van der Waals surface area (Å²) in [5.41, 5.74) is 1.20. The molecule has 0 saturated carbocycles. The average Bonchev–Trinajstić information content (AvgIpc) is 3.60. The second-order valence-electron chi connectivity index (χ2n) is 7.95. The number of anilines is 1. The molecule has 0 bridgehead atoms. The first-order chi connectivity index (χ1) is 16.6. The lowest BCUT2D eigenvalue weighted by Gasteiger charge is -2.32. The molecule has 34 heavy (non-hydrogen) atoms. The minimum atomic E-state index is -0.932. The predicted molar refractivity (Wildman–Crippen MR) is 126 cm³/mol. The van der Waals surface area contributed by atoms with Gasteiger partial charge in [0.25, 0.3) is 5.91 Å². The zero-order valence-electron chi connectivity index (χ0n) is 18.7. The van der Waals surface area contributed by atoms with Gasteiger partial charge in [-0.1, -0.05) is 48.5 Å². The second kappa shape index (κ2) is 11.3. The van der Waals surface area contributed by atoms with Crippen LogP contribution in [0.25, 0.3) is 0 Å². The summed E-state index contributed by atoms with van der Waals surface area (Å²) in [6, 6.07) is 20.2. The first kappa shape index (κ1) is 23.3. The van der Waals surface area contributed by atoms with Gasteiger partial charge in [-0.25, -0.2) is 0 Å². The van der Waals surface area contributed by atoms with Crippen LogP contribution >= 0.6 is 0 Å². The molecule has 2 heterocycles. The number of hydrogen-bond acceptors (Lipinski definition) is 5. The Balaban J connectivity index is 1.60. The van der Waals surface area contributed by atoms with E-state index in [4.69, 9.17) is 9.15 Å². The molecule has 3 amide bonds. The van der Waals surface area contributed by atoms with Crippen molar-refractivity contribution in [3.8, 4) is 0 Å². The molecule has 0 aliphatic carbocycles. The number of nitrogens with zero attached hydrogens (tertiary/aromatic N) is 1. The van der Waals surface area contributed by atoms with Crippen molar-refractivity contribution in [1.29, 1.82) is 0 Å². The maximum atomic E-state index is 13.5. The summed E-state index contributed by atoms with van der Waals surface area (Å²) in [7, 11) is 0. The highest BCUT2D eigenvalue weighted by Crippen LogP contribution is 2.28. The number of hydrogen-bond donors (Lipinski definition) is 2. The molecule has 8 heteroatoms. The molecule has 1 aromatic heterocycles. The number of furan rings is 1. The minimum absolute atomic E-state index is 0.0335. The third-order valence-electron chi connectivity index (χ3n) is 5.60. The van der Waals surface area contributed by atoms with E-state index >= 15 is 0 Å². The summed E-state index contributed by atoms with van der Waals surface area (Å²) < 4.78 is 10.7. The molecule has 8 nitrogen and oxygen atoms in total. The van der Waals surface area contributed by atoms with Crippen LogP contribution in [0.1, 0.15) is 35.0 Å². The molecule has 4 rings (SSSR count). The van der Waals surface area contributed by atoms with Crippen molar-refractivity contribution in [3.05, 3.63) is 90.4 Å². The van der Waals surface area contributed by atoms with E-state index in [1.165, 1.54) is 17.2 Å². The molecule has 0 radical (unpaired) electrons. The lowest BCUT2D eigenvalue weighted by molar-refractivity contribution is -0.126. The largest absolute Gasteiger partial charge is 0.459 e. The molecular formula is C26H27N3O5. The highest BCUT2D eigenvalue weighted by atomic mass is 16.5. The molecule has 176 valence electrons. The van der Waals surface area contributed by atoms with Gasteiger partial charge in [-0.05, 0) is 42.7 Å². The summed E-state index contributed by atoms with van der Waals surface area (Å²) in [5.74, 6) is -1.16. The molecular weight excluding hydrogens is 434 g/mol. The molecule has 1 aliphatic heterocycles. The lowest BCUT2D eigenvalue weighted by atomic mass is 10.0. The Morgan fingerprint density at radius 2 is 1.68 bits per heavy atom. The van der Waals surface area contributed by atoms with Gasteiger partial charge in [0.05, 0.1) is 18.9 Å². The fourth-order valence-electron chi connectivity index (χ4n) is 3.93. The highest BCUT2D eigenvalue weighted by molar-refractivity contribution is 6.04. The van der Waals surface area contributed by atoms with E-state index in [1.807, 2.05) is 24.3 Å². The van der Waals surface area contributed by atoms with E-state index in [0.29, 0.717) is 24.4 Å². The molecule has 2 N–H and O–H groups in total. The van der Waals surface area contributed by atoms with Gasteiger partial charge in [0.2, 0.25) is 11.8 Å². The Kier molecular flexibility index (Phi) is 7.72. The van der Waals surface area contributed by atoms with Gasteiger partial charge in [-0.15, -0.1) is 0 Å². The van der Waals surface area contributed by atoms with Gasteiger partial charge >= 0.3 is 0 Å². The monoisotopic (exact) mass is 461 g/mol. The zero-order chi connectivity index (χ0) is 23.8. The number of nitrogens with one attached hydrogen (secondary N) is 2. The van der Waals surface area contributed by atoms with E-state index in [1.54, 1.807) is 42.5 Å². The van der Waals surface area contributed by atoms with E-state index in [-0.39, 0.29) is 24.3 Å². The third-order valence-corrected chi connectivity index (χ3v) is 5.60. The van der Waals surface area contributed by atoms with Crippen LogP contribution in [-0.2, 0) is 14.3 Å². The Bertz CT molecular complexity index is 1080. The topological polar surface area (TPSA) is 101 Å². The first-order valence-electron chi connectivity index (χ1n) is 11.3. The molecule has 1 saturated heterocycles. The lowest BCUT2D eigenvalue weighted by Crippen LogP contribution is -2.48. The third kappa shape index (κ3) is 5.71. The van der Waals surface area contributed by atoms with Gasteiger partial charge < -0.3 is 19.8 Å². The summed E-state index contributed by atoms with van der Waals surface area (Å²) in [4.78, 5) is 40.7. The van der Waals surface area contributed by atoms with E-state index in [9.17, 15) is 14.4 Å². The maximum Gasteiger partial charge on any atom is 0.287 e. The van der Waals surface area contributed by atoms with Crippen LogP contribution in [0, 0.1) is 0 Å². The summed E-state index contributed by atoms with van der Waals surface area (Å²) in [5, 5.41) is 5.54. The van der Waals surface area contributed by atoms with Crippen LogP contribution < -0.4 is 15.5 Å². The minimum Gasteiger partial charge on any atom is -0.459 e. The Hall–Kier alpha value is -3.91. The van der Waals surface area contributed by atoms with Crippen molar-refractivity contribution in [3.63, 3.8) is 0 Å². The van der Waals surface area contributed by atoms with Crippen LogP contribution in [0.2, 0.25) is 0 Å². The van der Waals surface area contributed by atoms with Crippen molar-refractivity contribution < 1.29 is 23.5 Å². The maximum absolute atomic E-state index is 13.5. The number of carbonyl (C=O) groups is 3. The molecule has 0 unspecified atom stereocenters. The standard InChI is InChI=1S/C26H27N3O5/c30-23(18-28-25(31)22-14-8-16-34-22)29(20-11-5-2-6-12-20)24(19-9-3-1-4-10-19)26(32)27-17-21-13-7-15-33-21/h1-6,8-12,14,16,21,24H,7,13,15,17-18H2,(H,27,32)(H,28,31)/t21-,24+/m1/s1. The zero-order valence-corrected chi connectivity index (χ0v) is 18.7. The molecule has 0 spiro atoms. The fraction of sp³-hybridized carbons (Fsp3) is 0.269. The van der Waals surface area contributed by atoms with Gasteiger partial charge in [0, 0.05) is 18.8 Å². The van der Waals surface area contributed by atoms with Crippen LogP contribution in [-0.4, -0.2) is 43.5 Å². The Morgan fingerprint density at radius 1 is 0.941 bits per heavy atom. The van der Waals surface area contributed by atoms with Crippen LogP contribution in [0.5, 0.6) is 0 Å². The van der Waals surface area contributed by atoms with Crippen LogP contribution in [0.3, 0.4) is 0 Å². The van der Waals surface area contributed by atoms with Gasteiger partial charge in [-0.3, -0.25) is 19.3 Å². The normalized spacial score (nSPS) is 15.9. The van der Waals surface area contributed by atoms with E-state index < -0.39 is 17.9 Å². The Labute approximate surface area is 197 Å². The molecule has 3 aromatic rings. The fourth-order valence-corrected chi connectivity index (χ4v) is 3.93. The number of amides is 3. The predicted octanol–water partition coefficient (Wildman–Crippen LogP) is 3.08. The van der Waals surface area contributed by atoms with Crippen molar-refractivity contribution >= 4 is 23.4 Å². The van der Waals surface area contributed by atoms with E-state index in [2.05, 4.69) is 10.6 Å². The highest BCUT2D eigenvalue weighted by Gasteiger charge is 2.33. The first-order valence-corrected chi connectivity index (χ1v) is 11.3. The summed E-state index contributed by atoms with van der Waals surface area (Å²) >= 11 is 0. The van der Waals surface area contributed by atoms with Crippen LogP contribution in [0.4, 0.5) is 5.69 Å². The molecule has 1 fully saturated rings.